The Morgan fingerprint density at radius 2 is 2.20 bits per heavy atom. The van der Waals surface area contributed by atoms with Crippen molar-refractivity contribution < 1.29 is 9.84 Å². The molecule has 0 radical (unpaired) electrons. The zero-order chi connectivity index (χ0) is 10.9. The molecule has 1 rings (SSSR count). The van der Waals surface area contributed by atoms with Gasteiger partial charge in [-0.1, -0.05) is 26.2 Å². The summed E-state index contributed by atoms with van der Waals surface area (Å²) in [7, 11) is 0. The van der Waals surface area contributed by atoms with E-state index < -0.39 is 0 Å². The molecule has 0 atom stereocenters. The van der Waals surface area contributed by atoms with Gasteiger partial charge in [0.15, 0.2) is 0 Å². The zero-order valence-electron chi connectivity index (χ0n) is 9.28. The molecule has 0 aliphatic rings. The van der Waals surface area contributed by atoms with Crippen LogP contribution in [-0.2, 0) is 6.61 Å². The van der Waals surface area contributed by atoms with E-state index in [9.17, 15) is 0 Å². The summed E-state index contributed by atoms with van der Waals surface area (Å²) in [6.07, 6.45) is 8.07. The van der Waals surface area contributed by atoms with Crippen LogP contribution in [0.5, 0.6) is 5.75 Å². The number of pyridine rings is 1. The summed E-state index contributed by atoms with van der Waals surface area (Å²) < 4.78 is 5.55. The molecular weight excluding hydrogens is 190 g/mol. The molecule has 0 saturated carbocycles. The van der Waals surface area contributed by atoms with Crippen molar-refractivity contribution in [3.05, 3.63) is 24.0 Å². The molecule has 1 N–H and O–H groups in total. The van der Waals surface area contributed by atoms with E-state index in [0.717, 1.165) is 12.0 Å². The fraction of sp³-hybridized carbons (Fsp3) is 0.583. The van der Waals surface area contributed by atoms with Gasteiger partial charge in [0.05, 0.1) is 19.4 Å². The normalized spacial score (nSPS) is 10.3. The van der Waals surface area contributed by atoms with Crippen LogP contribution < -0.4 is 4.74 Å². The predicted octanol–water partition coefficient (Wildman–Crippen LogP) is 2.53. The van der Waals surface area contributed by atoms with Crippen molar-refractivity contribution in [3.8, 4) is 5.75 Å². The first-order chi connectivity index (χ1) is 7.38. The Morgan fingerprint density at radius 3 is 2.93 bits per heavy atom. The van der Waals surface area contributed by atoms with Crippen molar-refractivity contribution in [2.75, 3.05) is 6.61 Å². The third-order valence-corrected chi connectivity index (χ3v) is 2.30. The highest BCUT2D eigenvalue weighted by atomic mass is 16.5. The van der Waals surface area contributed by atoms with Crippen molar-refractivity contribution in [2.24, 2.45) is 0 Å². The van der Waals surface area contributed by atoms with Gasteiger partial charge in [0.25, 0.3) is 0 Å². The second-order valence-corrected chi connectivity index (χ2v) is 3.55. The minimum atomic E-state index is 0.00676. The van der Waals surface area contributed by atoms with E-state index in [0.29, 0.717) is 12.4 Å². The molecule has 0 unspecified atom stereocenters. The van der Waals surface area contributed by atoms with Crippen LogP contribution in [0.1, 0.15) is 38.2 Å². The van der Waals surface area contributed by atoms with E-state index in [1.807, 2.05) is 0 Å². The van der Waals surface area contributed by atoms with Crippen LogP contribution in [0.2, 0.25) is 0 Å². The van der Waals surface area contributed by atoms with Crippen molar-refractivity contribution in [1.82, 2.24) is 4.98 Å². The molecule has 0 aliphatic carbocycles. The average Bonchev–Trinajstić information content (AvgIpc) is 2.29. The van der Waals surface area contributed by atoms with Gasteiger partial charge >= 0.3 is 0 Å². The predicted molar refractivity (Wildman–Crippen MR) is 59.8 cm³/mol. The molecule has 3 nitrogen and oxygen atoms in total. The number of ether oxygens (including phenoxy) is 1. The summed E-state index contributed by atoms with van der Waals surface area (Å²) in [5.41, 5.74) is 0.806. The van der Waals surface area contributed by atoms with Crippen LogP contribution in [-0.4, -0.2) is 16.7 Å². The van der Waals surface area contributed by atoms with E-state index in [1.54, 1.807) is 18.5 Å². The maximum absolute atomic E-state index is 9.05. The molecule has 0 fully saturated rings. The summed E-state index contributed by atoms with van der Waals surface area (Å²) in [6, 6.07) is 1.78. The van der Waals surface area contributed by atoms with Crippen LogP contribution in [0.4, 0.5) is 0 Å². The van der Waals surface area contributed by atoms with E-state index >= 15 is 0 Å². The molecule has 0 saturated heterocycles. The number of unbranched alkanes of at least 4 members (excludes halogenated alkanes) is 3. The smallest absolute Gasteiger partial charge is 0.143 e. The lowest BCUT2D eigenvalue weighted by molar-refractivity contribution is 0.259. The first-order valence-corrected chi connectivity index (χ1v) is 5.55. The van der Waals surface area contributed by atoms with Gasteiger partial charge in [-0.3, -0.25) is 4.98 Å². The molecule has 0 aromatic carbocycles. The highest BCUT2D eigenvalue weighted by molar-refractivity contribution is 5.28. The molecule has 1 aromatic rings. The summed E-state index contributed by atoms with van der Waals surface area (Å²) in [5.74, 6) is 0.705. The standard InChI is InChI=1S/C12H19NO2/c1-2-3-4-5-8-15-12-9-13-7-6-11(12)10-14/h6-7,9,14H,2-5,8,10H2,1H3. The van der Waals surface area contributed by atoms with E-state index in [2.05, 4.69) is 11.9 Å². The molecule has 0 bridgehead atoms. The minimum absolute atomic E-state index is 0.00676. The number of hydrogen-bond donors (Lipinski definition) is 1. The maximum Gasteiger partial charge on any atom is 0.143 e. The monoisotopic (exact) mass is 209 g/mol. The average molecular weight is 209 g/mol. The van der Waals surface area contributed by atoms with Crippen LogP contribution in [0.3, 0.4) is 0 Å². The Bertz CT molecular complexity index is 276. The molecule has 0 spiro atoms. The topological polar surface area (TPSA) is 42.4 Å². The van der Waals surface area contributed by atoms with Gasteiger partial charge < -0.3 is 9.84 Å². The number of nitrogens with zero attached hydrogens (tertiary/aromatic N) is 1. The quantitative estimate of drug-likeness (QED) is 0.702. The molecule has 0 amide bonds. The lowest BCUT2D eigenvalue weighted by atomic mass is 10.2. The Morgan fingerprint density at radius 1 is 1.33 bits per heavy atom. The van der Waals surface area contributed by atoms with Gasteiger partial charge in [-0.25, -0.2) is 0 Å². The van der Waals surface area contributed by atoms with Gasteiger partial charge in [-0.05, 0) is 12.5 Å². The third-order valence-electron chi connectivity index (χ3n) is 2.30. The first-order valence-electron chi connectivity index (χ1n) is 5.55. The summed E-state index contributed by atoms with van der Waals surface area (Å²) in [6.45, 7) is 2.90. The summed E-state index contributed by atoms with van der Waals surface area (Å²) in [4.78, 5) is 3.97. The number of aromatic nitrogens is 1. The number of aliphatic hydroxyl groups excluding tert-OH is 1. The fourth-order valence-corrected chi connectivity index (χ4v) is 1.38. The molecule has 1 heterocycles. The molecule has 0 aliphatic heterocycles. The molecule has 1 aromatic heterocycles. The van der Waals surface area contributed by atoms with Crippen LogP contribution >= 0.6 is 0 Å². The second kappa shape index (κ2) is 7.23. The third kappa shape index (κ3) is 4.30. The molecule has 3 heteroatoms. The molecule has 84 valence electrons. The highest BCUT2D eigenvalue weighted by Gasteiger charge is 2.01. The SMILES string of the molecule is CCCCCCOc1cnccc1CO. The Balaban J connectivity index is 2.30. The van der Waals surface area contributed by atoms with Gasteiger partial charge in [0, 0.05) is 11.8 Å². The first kappa shape index (κ1) is 12.0. The fourth-order valence-electron chi connectivity index (χ4n) is 1.38. The van der Waals surface area contributed by atoms with Gasteiger partial charge in [0.1, 0.15) is 5.75 Å². The lowest BCUT2D eigenvalue weighted by Gasteiger charge is -2.08. The van der Waals surface area contributed by atoms with Crippen molar-refractivity contribution >= 4 is 0 Å². The Hall–Kier alpha value is -1.09. The van der Waals surface area contributed by atoms with Crippen LogP contribution in [0.25, 0.3) is 0 Å². The van der Waals surface area contributed by atoms with Crippen molar-refractivity contribution in [3.63, 3.8) is 0 Å². The van der Waals surface area contributed by atoms with E-state index in [-0.39, 0.29) is 6.61 Å². The lowest BCUT2D eigenvalue weighted by Crippen LogP contribution is -2.00. The van der Waals surface area contributed by atoms with Crippen LogP contribution in [0.15, 0.2) is 18.5 Å². The van der Waals surface area contributed by atoms with Crippen molar-refractivity contribution in [1.29, 1.82) is 0 Å². The Labute approximate surface area is 91.1 Å². The molecule has 15 heavy (non-hydrogen) atoms. The second-order valence-electron chi connectivity index (χ2n) is 3.55. The summed E-state index contributed by atoms with van der Waals surface area (Å²) in [5, 5.41) is 9.05. The van der Waals surface area contributed by atoms with Crippen LogP contribution in [0, 0.1) is 0 Å². The van der Waals surface area contributed by atoms with E-state index in [1.165, 1.54) is 19.3 Å². The number of aliphatic hydroxyl groups is 1. The highest BCUT2D eigenvalue weighted by Crippen LogP contribution is 2.16. The summed E-state index contributed by atoms with van der Waals surface area (Å²) >= 11 is 0. The largest absolute Gasteiger partial charge is 0.492 e. The molecular formula is C12H19NO2. The van der Waals surface area contributed by atoms with Gasteiger partial charge in [-0.2, -0.15) is 0 Å². The maximum atomic E-state index is 9.05. The van der Waals surface area contributed by atoms with Gasteiger partial charge in [-0.15, -0.1) is 0 Å². The Kier molecular flexibility index (Phi) is 5.78. The van der Waals surface area contributed by atoms with Gasteiger partial charge in [0.2, 0.25) is 0 Å². The minimum Gasteiger partial charge on any atom is -0.492 e. The van der Waals surface area contributed by atoms with E-state index in [4.69, 9.17) is 9.84 Å². The number of hydrogen-bond acceptors (Lipinski definition) is 3. The number of rotatable bonds is 7. The van der Waals surface area contributed by atoms with Crippen molar-refractivity contribution in [2.45, 2.75) is 39.2 Å². The zero-order valence-corrected chi connectivity index (χ0v) is 9.28.